The standard InChI is InChI=1S/C6H8OSi.O.V/c7-8-6-4-2-1-3-5-6;;/h1-5,7H,8H2;;. The van der Waals surface area contributed by atoms with Gasteiger partial charge in [-0.1, -0.05) is 30.3 Å². The van der Waals surface area contributed by atoms with Gasteiger partial charge in [-0.25, -0.2) is 0 Å². The van der Waals surface area contributed by atoms with Crippen LogP contribution < -0.4 is 5.19 Å². The molecule has 0 aliphatic carbocycles. The predicted molar refractivity (Wildman–Crippen MR) is 37.5 cm³/mol. The van der Waals surface area contributed by atoms with Crippen LogP contribution in [-0.2, 0) is 21.0 Å². The minimum atomic E-state index is -0.909. The first-order chi connectivity index (χ1) is 4.93. The Kier molecular flexibility index (Phi) is 6.74. The Hall–Kier alpha value is -0.219. The Balaban J connectivity index is 0.000000371. The molecule has 2 nitrogen and oxygen atoms in total. The molecule has 0 unspecified atom stereocenters. The van der Waals surface area contributed by atoms with Crippen molar-refractivity contribution in [2.24, 2.45) is 0 Å². The second kappa shape index (κ2) is 6.90. The van der Waals surface area contributed by atoms with Crippen LogP contribution in [0.15, 0.2) is 30.3 Å². The van der Waals surface area contributed by atoms with Gasteiger partial charge in [0.25, 0.3) is 0 Å². The molecule has 0 bridgehead atoms. The molecular formula is C6H8O2SiV. The third-order valence-corrected chi connectivity index (χ3v) is 1.86. The van der Waals surface area contributed by atoms with Crippen molar-refractivity contribution in [3.63, 3.8) is 0 Å². The summed E-state index contributed by atoms with van der Waals surface area (Å²) in [6.45, 7) is 0. The molecule has 0 spiro atoms. The average Bonchev–Trinajstić information content (AvgIpc) is 2.10. The Labute approximate surface area is 71.4 Å². The minimum absolute atomic E-state index is 0.909. The third kappa shape index (κ3) is 3.74. The molecule has 4 heteroatoms. The van der Waals surface area contributed by atoms with Crippen molar-refractivity contribution in [2.75, 3.05) is 0 Å². The Morgan fingerprint density at radius 2 is 1.70 bits per heavy atom. The van der Waals surface area contributed by atoms with Gasteiger partial charge in [0.05, 0.1) is 0 Å². The van der Waals surface area contributed by atoms with E-state index >= 15 is 0 Å². The first-order valence-corrected chi connectivity index (χ1v) is 4.67. The van der Waals surface area contributed by atoms with Crippen molar-refractivity contribution >= 4 is 14.9 Å². The molecule has 0 saturated carbocycles. The van der Waals surface area contributed by atoms with Crippen LogP contribution in [0.1, 0.15) is 0 Å². The van der Waals surface area contributed by atoms with Gasteiger partial charge in [-0.05, 0) is 5.19 Å². The molecule has 0 heterocycles. The third-order valence-electron chi connectivity index (χ3n) is 1.03. The molecule has 0 saturated heterocycles. The second-order valence-electron chi connectivity index (χ2n) is 1.64. The van der Waals surface area contributed by atoms with Gasteiger partial charge in [0.2, 0.25) is 0 Å². The fraction of sp³-hybridized carbons (Fsp3) is 0. The van der Waals surface area contributed by atoms with Crippen molar-refractivity contribution in [1.82, 2.24) is 0 Å². The molecule has 10 heavy (non-hydrogen) atoms. The van der Waals surface area contributed by atoms with Crippen LogP contribution in [0.4, 0.5) is 0 Å². The van der Waals surface area contributed by atoms with Crippen LogP contribution in [0, 0.1) is 0 Å². The number of benzene rings is 1. The van der Waals surface area contributed by atoms with Crippen LogP contribution in [0.5, 0.6) is 0 Å². The van der Waals surface area contributed by atoms with Crippen LogP contribution in [0.3, 0.4) is 0 Å². The topological polar surface area (TPSA) is 37.3 Å². The molecule has 53 valence electrons. The van der Waals surface area contributed by atoms with E-state index in [1.54, 1.807) is 0 Å². The Morgan fingerprint density at radius 3 is 2.00 bits per heavy atom. The average molecular weight is 191 g/mol. The van der Waals surface area contributed by atoms with Gasteiger partial charge in [0, 0.05) is 0 Å². The second-order valence-corrected chi connectivity index (χ2v) is 2.78. The van der Waals surface area contributed by atoms with E-state index in [-0.39, 0.29) is 0 Å². The molecule has 1 rings (SSSR count). The molecule has 1 aromatic carbocycles. The number of rotatable bonds is 1. The van der Waals surface area contributed by atoms with E-state index in [1.807, 2.05) is 30.3 Å². The predicted octanol–water partition coefficient (Wildman–Crippen LogP) is -0.733. The van der Waals surface area contributed by atoms with E-state index in [0.717, 1.165) is 22.6 Å². The zero-order chi connectivity index (χ0) is 7.82. The monoisotopic (exact) mass is 191 g/mol. The number of hydrogen-bond donors (Lipinski definition) is 1. The molecule has 0 atom stereocenters. The Morgan fingerprint density at radius 1 is 1.20 bits per heavy atom. The van der Waals surface area contributed by atoms with Crippen molar-refractivity contribution in [2.45, 2.75) is 0 Å². The van der Waals surface area contributed by atoms with Crippen molar-refractivity contribution < 1.29 is 25.8 Å². The fourth-order valence-corrected chi connectivity index (χ4v) is 1.07. The van der Waals surface area contributed by atoms with Gasteiger partial charge >= 0.3 is 21.0 Å². The summed E-state index contributed by atoms with van der Waals surface area (Å²) >= 11 is 1.06. The van der Waals surface area contributed by atoms with E-state index in [0.29, 0.717) is 0 Å². The molecule has 0 fully saturated rings. The Bertz CT molecular complexity index is 169. The first kappa shape index (κ1) is 9.78. The summed E-state index contributed by atoms with van der Waals surface area (Å²) in [4.78, 5) is 8.68. The van der Waals surface area contributed by atoms with Crippen LogP contribution >= 0.6 is 0 Å². The zero-order valence-electron chi connectivity index (χ0n) is 5.40. The molecule has 0 aliphatic heterocycles. The van der Waals surface area contributed by atoms with Gasteiger partial charge in [-0.3, -0.25) is 0 Å². The van der Waals surface area contributed by atoms with E-state index < -0.39 is 9.76 Å². The molecule has 0 radical (unpaired) electrons. The molecular weight excluding hydrogens is 183 g/mol. The van der Waals surface area contributed by atoms with Crippen LogP contribution in [-0.4, -0.2) is 14.6 Å². The maximum atomic E-state index is 8.68. The quantitative estimate of drug-likeness (QED) is 0.594. The summed E-state index contributed by atoms with van der Waals surface area (Å²) in [5.41, 5.74) is 0. The summed E-state index contributed by atoms with van der Waals surface area (Å²) in [7, 11) is -0.909. The van der Waals surface area contributed by atoms with Crippen molar-refractivity contribution in [3.8, 4) is 0 Å². The molecule has 1 N–H and O–H groups in total. The van der Waals surface area contributed by atoms with Gasteiger partial charge in [-0.2, -0.15) is 0 Å². The summed E-state index contributed by atoms with van der Waals surface area (Å²) in [6, 6.07) is 9.74. The number of hydrogen-bond acceptors (Lipinski definition) is 2. The van der Waals surface area contributed by atoms with Crippen LogP contribution in [0.25, 0.3) is 0 Å². The van der Waals surface area contributed by atoms with Crippen molar-refractivity contribution in [1.29, 1.82) is 0 Å². The SMILES string of the molecule is O[SiH2]c1ccccc1.[O]=[V]. The summed E-state index contributed by atoms with van der Waals surface area (Å²) in [6.07, 6.45) is 0. The molecule has 0 aliphatic rings. The van der Waals surface area contributed by atoms with E-state index in [4.69, 9.17) is 8.47 Å². The van der Waals surface area contributed by atoms with Gasteiger partial charge < -0.3 is 4.80 Å². The summed E-state index contributed by atoms with van der Waals surface area (Å²) in [5.74, 6) is 0. The maximum absolute atomic E-state index is 8.68. The van der Waals surface area contributed by atoms with Gasteiger partial charge in [0.1, 0.15) is 0 Å². The van der Waals surface area contributed by atoms with Crippen molar-refractivity contribution in [3.05, 3.63) is 30.3 Å². The molecule has 0 amide bonds. The van der Waals surface area contributed by atoms with E-state index in [9.17, 15) is 0 Å². The van der Waals surface area contributed by atoms with E-state index in [1.165, 1.54) is 0 Å². The fourth-order valence-electron chi connectivity index (χ4n) is 0.583. The molecule has 0 aromatic heterocycles. The zero-order valence-corrected chi connectivity index (χ0v) is 8.21. The molecule has 1 aromatic rings. The van der Waals surface area contributed by atoms with E-state index in [2.05, 4.69) is 0 Å². The normalized spacial score (nSPS) is 8.80. The summed E-state index contributed by atoms with van der Waals surface area (Å²) < 4.78 is 8.19. The van der Waals surface area contributed by atoms with Crippen LogP contribution in [0.2, 0.25) is 0 Å². The van der Waals surface area contributed by atoms with Gasteiger partial charge in [0.15, 0.2) is 9.76 Å². The first-order valence-electron chi connectivity index (χ1n) is 2.76. The van der Waals surface area contributed by atoms with Gasteiger partial charge in [-0.15, -0.1) is 0 Å². The summed E-state index contributed by atoms with van der Waals surface area (Å²) in [5, 5.41) is 1.10.